The van der Waals surface area contributed by atoms with Crippen LogP contribution in [-0.2, 0) is 0 Å². The number of aliphatic hydroxyl groups excluding tert-OH is 1. The van der Waals surface area contributed by atoms with Crippen LogP contribution in [0.15, 0.2) is 30.5 Å². The predicted octanol–water partition coefficient (Wildman–Crippen LogP) is 2.14. The Labute approximate surface area is 99.1 Å². The fraction of sp³-hybridized carbons (Fsp3) is 0.250. The Morgan fingerprint density at radius 3 is 2.94 bits per heavy atom. The van der Waals surface area contributed by atoms with E-state index in [0.29, 0.717) is 5.02 Å². The molecule has 1 heterocycles. The maximum Gasteiger partial charge on any atom is 0.0765 e. The first-order valence-electron chi connectivity index (χ1n) is 5.09. The summed E-state index contributed by atoms with van der Waals surface area (Å²) in [6, 6.07) is 7.40. The van der Waals surface area contributed by atoms with Crippen molar-refractivity contribution >= 4 is 22.5 Å². The van der Waals surface area contributed by atoms with Gasteiger partial charge in [0.1, 0.15) is 0 Å². The highest BCUT2D eigenvalue weighted by atomic mass is 35.5. The molecule has 1 aromatic carbocycles. The van der Waals surface area contributed by atoms with Crippen LogP contribution in [-0.4, -0.2) is 23.7 Å². The van der Waals surface area contributed by atoms with E-state index in [4.69, 9.17) is 11.6 Å². The van der Waals surface area contributed by atoms with Crippen molar-refractivity contribution in [3.05, 3.63) is 41.0 Å². The van der Waals surface area contributed by atoms with E-state index >= 15 is 0 Å². The molecular formula is C12H13ClN2O. The molecule has 0 bridgehead atoms. The van der Waals surface area contributed by atoms with Gasteiger partial charge in [0.25, 0.3) is 0 Å². The number of likely N-dealkylation sites (N-methyl/N-ethyl adjacent to an activating group) is 1. The Morgan fingerprint density at radius 1 is 1.44 bits per heavy atom. The second-order valence-electron chi connectivity index (χ2n) is 3.56. The van der Waals surface area contributed by atoms with Crippen molar-refractivity contribution in [3.8, 4) is 0 Å². The molecule has 1 aromatic heterocycles. The van der Waals surface area contributed by atoms with E-state index in [-0.39, 0.29) is 12.6 Å². The van der Waals surface area contributed by atoms with Crippen LogP contribution in [0, 0.1) is 0 Å². The van der Waals surface area contributed by atoms with Crippen LogP contribution in [0.4, 0.5) is 0 Å². The molecule has 0 fully saturated rings. The van der Waals surface area contributed by atoms with Crippen LogP contribution in [0.1, 0.15) is 11.6 Å². The average molecular weight is 237 g/mol. The molecule has 0 radical (unpaired) electrons. The van der Waals surface area contributed by atoms with E-state index < -0.39 is 0 Å². The number of hydrogen-bond donors (Lipinski definition) is 2. The lowest BCUT2D eigenvalue weighted by atomic mass is 10.0. The minimum Gasteiger partial charge on any atom is -0.394 e. The highest BCUT2D eigenvalue weighted by molar-refractivity contribution is 6.35. The number of hydrogen-bond acceptors (Lipinski definition) is 3. The number of aliphatic hydroxyl groups is 1. The third kappa shape index (κ3) is 1.89. The molecule has 1 unspecified atom stereocenters. The number of halogens is 1. The number of fused-ring (bicyclic) bond motifs is 1. The molecule has 2 N–H and O–H groups in total. The largest absolute Gasteiger partial charge is 0.394 e. The van der Waals surface area contributed by atoms with Crippen LogP contribution in [0.5, 0.6) is 0 Å². The number of nitrogens with zero attached hydrogens (tertiary/aromatic N) is 1. The summed E-state index contributed by atoms with van der Waals surface area (Å²) >= 11 is 6.10. The van der Waals surface area contributed by atoms with Gasteiger partial charge >= 0.3 is 0 Å². The van der Waals surface area contributed by atoms with Crippen molar-refractivity contribution in [3.63, 3.8) is 0 Å². The summed E-state index contributed by atoms with van der Waals surface area (Å²) in [6.07, 6.45) is 1.73. The Balaban J connectivity index is 2.66. The number of benzene rings is 1. The molecule has 0 aliphatic rings. The van der Waals surface area contributed by atoms with E-state index in [0.717, 1.165) is 16.5 Å². The molecule has 3 nitrogen and oxygen atoms in total. The minimum atomic E-state index is -0.116. The van der Waals surface area contributed by atoms with Crippen molar-refractivity contribution in [1.82, 2.24) is 10.3 Å². The molecule has 2 rings (SSSR count). The molecule has 0 saturated carbocycles. The fourth-order valence-electron chi connectivity index (χ4n) is 1.79. The van der Waals surface area contributed by atoms with Gasteiger partial charge in [0.2, 0.25) is 0 Å². The summed E-state index contributed by atoms with van der Waals surface area (Å²) in [5.74, 6) is 0. The summed E-state index contributed by atoms with van der Waals surface area (Å²) in [5.41, 5.74) is 1.80. The van der Waals surface area contributed by atoms with Crippen LogP contribution >= 0.6 is 11.6 Å². The molecule has 0 spiro atoms. The molecule has 84 valence electrons. The zero-order chi connectivity index (χ0) is 11.5. The lowest BCUT2D eigenvalue weighted by molar-refractivity contribution is 0.251. The molecule has 0 aliphatic carbocycles. The lowest BCUT2D eigenvalue weighted by Crippen LogP contribution is -2.20. The first-order valence-corrected chi connectivity index (χ1v) is 5.47. The monoisotopic (exact) mass is 236 g/mol. The van der Waals surface area contributed by atoms with Crippen molar-refractivity contribution in [2.24, 2.45) is 0 Å². The number of aromatic nitrogens is 1. The van der Waals surface area contributed by atoms with Gasteiger partial charge in [-0.2, -0.15) is 0 Å². The summed E-state index contributed by atoms with van der Waals surface area (Å²) in [5, 5.41) is 13.9. The number of nitrogens with one attached hydrogen (secondary N) is 1. The van der Waals surface area contributed by atoms with E-state index in [1.54, 1.807) is 6.20 Å². The van der Waals surface area contributed by atoms with Crippen molar-refractivity contribution in [2.45, 2.75) is 6.04 Å². The van der Waals surface area contributed by atoms with Crippen molar-refractivity contribution < 1.29 is 5.11 Å². The first kappa shape index (κ1) is 11.3. The zero-order valence-electron chi connectivity index (χ0n) is 8.94. The zero-order valence-corrected chi connectivity index (χ0v) is 9.70. The van der Waals surface area contributed by atoms with E-state index in [9.17, 15) is 5.11 Å². The molecule has 4 heteroatoms. The van der Waals surface area contributed by atoms with Gasteiger partial charge in [-0.1, -0.05) is 17.7 Å². The topological polar surface area (TPSA) is 45.1 Å². The molecule has 16 heavy (non-hydrogen) atoms. The maximum absolute atomic E-state index is 9.28. The van der Waals surface area contributed by atoms with E-state index in [1.807, 2.05) is 31.3 Å². The highest BCUT2D eigenvalue weighted by Gasteiger charge is 2.13. The smallest absolute Gasteiger partial charge is 0.0765 e. The highest BCUT2D eigenvalue weighted by Crippen LogP contribution is 2.28. The second kappa shape index (κ2) is 4.78. The van der Waals surface area contributed by atoms with E-state index in [1.165, 1.54) is 0 Å². The minimum absolute atomic E-state index is 0.0316. The quantitative estimate of drug-likeness (QED) is 0.858. The van der Waals surface area contributed by atoms with Gasteiger partial charge in [-0.25, -0.2) is 0 Å². The molecule has 0 saturated heterocycles. The third-order valence-corrected chi connectivity index (χ3v) is 2.98. The van der Waals surface area contributed by atoms with Crippen LogP contribution in [0.3, 0.4) is 0 Å². The molecule has 0 amide bonds. The normalized spacial score (nSPS) is 12.9. The molecular weight excluding hydrogens is 224 g/mol. The Morgan fingerprint density at radius 2 is 2.25 bits per heavy atom. The standard InChI is InChI=1S/C12H13ClN2O/c1-14-11(7-16)9-4-5-10(13)8-3-2-6-15-12(8)9/h2-6,11,14,16H,7H2,1H3. The van der Waals surface area contributed by atoms with Gasteiger partial charge in [-0.3, -0.25) is 4.98 Å². The number of pyridine rings is 1. The SMILES string of the molecule is CNC(CO)c1ccc(Cl)c2cccnc12. The Bertz CT molecular complexity index is 497. The average Bonchev–Trinajstić information content (AvgIpc) is 2.34. The summed E-state index contributed by atoms with van der Waals surface area (Å²) < 4.78 is 0. The maximum atomic E-state index is 9.28. The Hall–Kier alpha value is -1.16. The van der Waals surface area contributed by atoms with Crippen LogP contribution < -0.4 is 5.32 Å². The summed E-state index contributed by atoms with van der Waals surface area (Å²) in [4.78, 5) is 4.32. The van der Waals surface area contributed by atoms with Crippen LogP contribution in [0.2, 0.25) is 5.02 Å². The number of rotatable bonds is 3. The van der Waals surface area contributed by atoms with Gasteiger partial charge in [-0.15, -0.1) is 0 Å². The first-order chi connectivity index (χ1) is 7.77. The van der Waals surface area contributed by atoms with Gasteiger partial charge < -0.3 is 10.4 Å². The second-order valence-corrected chi connectivity index (χ2v) is 3.97. The fourth-order valence-corrected chi connectivity index (χ4v) is 2.00. The molecule has 1 atom stereocenters. The van der Waals surface area contributed by atoms with Crippen molar-refractivity contribution in [2.75, 3.05) is 13.7 Å². The molecule has 2 aromatic rings. The third-order valence-electron chi connectivity index (χ3n) is 2.65. The summed E-state index contributed by atoms with van der Waals surface area (Å²) in [7, 11) is 1.81. The van der Waals surface area contributed by atoms with Crippen molar-refractivity contribution in [1.29, 1.82) is 0 Å². The predicted molar refractivity (Wildman–Crippen MR) is 65.6 cm³/mol. The van der Waals surface area contributed by atoms with Gasteiger partial charge in [0.15, 0.2) is 0 Å². The van der Waals surface area contributed by atoms with Crippen LogP contribution in [0.25, 0.3) is 10.9 Å². The van der Waals surface area contributed by atoms with Gasteiger partial charge in [0.05, 0.1) is 18.2 Å². The molecule has 0 aliphatic heterocycles. The van der Waals surface area contributed by atoms with Gasteiger partial charge in [-0.05, 0) is 30.8 Å². The summed E-state index contributed by atoms with van der Waals surface area (Å²) in [6.45, 7) is 0.0316. The van der Waals surface area contributed by atoms with Gasteiger partial charge in [0, 0.05) is 16.6 Å². The van der Waals surface area contributed by atoms with E-state index in [2.05, 4.69) is 10.3 Å². The Kier molecular flexibility index (Phi) is 3.39. The lowest BCUT2D eigenvalue weighted by Gasteiger charge is -2.15.